The molecule has 3 heteroatoms. The fraction of sp³-hybridized carbons (Fsp3) is 1.00. The van der Waals surface area contributed by atoms with E-state index in [-0.39, 0.29) is 18.8 Å². The molecule has 1 saturated heterocycles. The van der Waals surface area contributed by atoms with Crippen LogP contribution in [0.2, 0.25) is 0 Å². The molecule has 1 heterocycles. The van der Waals surface area contributed by atoms with E-state index in [1.54, 1.807) is 0 Å². The minimum Gasteiger partial charge on any atom is -0.394 e. The van der Waals surface area contributed by atoms with Crippen LogP contribution in [0.1, 0.15) is 12.8 Å². The van der Waals surface area contributed by atoms with Crippen molar-refractivity contribution >= 4 is 0 Å². The quantitative estimate of drug-likeness (QED) is 0.503. The SMILES string of the molecule is N[C@@H]1CCO[C@@H](CO)C1. The largest absolute Gasteiger partial charge is 0.394 e. The molecular formula is C6H13NO2. The summed E-state index contributed by atoms with van der Waals surface area (Å²) in [4.78, 5) is 0. The number of aliphatic hydroxyl groups is 1. The molecule has 0 aromatic carbocycles. The van der Waals surface area contributed by atoms with Crippen LogP contribution in [0.25, 0.3) is 0 Å². The Morgan fingerprint density at radius 1 is 1.67 bits per heavy atom. The van der Waals surface area contributed by atoms with Crippen molar-refractivity contribution in [2.75, 3.05) is 13.2 Å². The van der Waals surface area contributed by atoms with Crippen molar-refractivity contribution in [1.29, 1.82) is 0 Å². The van der Waals surface area contributed by atoms with Crippen molar-refractivity contribution in [3.05, 3.63) is 0 Å². The molecular weight excluding hydrogens is 118 g/mol. The van der Waals surface area contributed by atoms with Crippen molar-refractivity contribution in [3.8, 4) is 0 Å². The Bertz CT molecular complexity index is 87.1. The molecule has 3 nitrogen and oxygen atoms in total. The normalized spacial score (nSPS) is 36.7. The maximum atomic E-state index is 8.63. The van der Waals surface area contributed by atoms with Crippen molar-refractivity contribution < 1.29 is 9.84 Å². The van der Waals surface area contributed by atoms with Gasteiger partial charge in [-0.15, -0.1) is 0 Å². The van der Waals surface area contributed by atoms with Crippen molar-refractivity contribution in [1.82, 2.24) is 0 Å². The van der Waals surface area contributed by atoms with E-state index in [9.17, 15) is 0 Å². The molecule has 0 saturated carbocycles. The van der Waals surface area contributed by atoms with E-state index in [1.165, 1.54) is 0 Å². The van der Waals surface area contributed by atoms with Crippen LogP contribution in [-0.2, 0) is 4.74 Å². The maximum absolute atomic E-state index is 8.63. The molecule has 54 valence electrons. The van der Waals surface area contributed by atoms with E-state index in [4.69, 9.17) is 15.6 Å². The van der Waals surface area contributed by atoms with Crippen LogP contribution in [0.3, 0.4) is 0 Å². The summed E-state index contributed by atoms with van der Waals surface area (Å²) in [5.41, 5.74) is 5.61. The third kappa shape index (κ3) is 1.93. The lowest BCUT2D eigenvalue weighted by Gasteiger charge is -2.25. The van der Waals surface area contributed by atoms with Gasteiger partial charge in [-0.05, 0) is 12.8 Å². The number of ether oxygens (including phenoxy) is 1. The molecule has 1 rings (SSSR count). The van der Waals surface area contributed by atoms with Gasteiger partial charge in [-0.2, -0.15) is 0 Å². The second-order valence-electron chi connectivity index (χ2n) is 2.46. The highest BCUT2D eigenvalue weighted by Gasteiger charge is 2.17. The van der Waals surface area contributed by atoms with E-state index in [1.807, 2.05) is 0 Å². The molecule has 1 fully saturated rings. The molecule has 1 aliphatic heterocycles. The second kappa shape index (κ2) is 3.15. The zero-order chi connectivity index (χ0) is 6.69. The first-order chi connectivity index (χ1) is 4.33. The van der Waals surface area contributed by atoms with Gasteiger partial charge in [0.1, 0.15) is 0 Å². The summed E-state index contributed by atoms with van der Waals surface area (Å²) in [6.07, 6.45) is 1.72. The monoisotopic (exact) mass is 131 g/mol. The van der Waals surface area contributed by atoms with Gasteiger partial charge in [-0.25, -0.2) is 0 Å². The van der Waals surface area contributed by atoms with E-state index >= 15 is 0 Å². The second-order valence-corrected chi connectivity index (χ2v) is 2.46. The lowest BCUT2D eigenvalue weighted by molar-refractivity contribution is -0.0237. The van der Waals surface area contributed by atoms with E-state index in [0.29, 0.717) is 6.61 Å². The highest BCUT2D eigenvalue weighted by Crippen LogP contribution is 2.10. The topological polar surface area (TPSA) is 55.5 Å². The Balaban J connectivity index is 2.23. The van der Waals surface area contributed by atoms with E-state index in [2.05, 4.69) is 0 Å². The van der Waals surface area contributed by atoms with Crippen LogP contribution in [0.15, 0.2) is 0 Å². The fourth-order valence-corrected chi connectivity index (χ4v) is 1.04. The number of aliphatic hydroxyl groups excluding tert-OH is 1. The van der Waals surface area contributed by atoms with Crippen LogP contribution >= 0.6 is 0 Å². The zero-order valence-electron chi connectivity index (χ0n) is 5.42. The van der Waals surface area contributed by atoms with Crippen molar-refractivity contribution in [2.24, 2.45) is 5.73 Å². The van der Waals surface area contributed by atoms with Crippen LogP contribution in [0, 0.1) is 0 Å². The standard InChI is InChI=1S/C6H13NO2/c7-5-1-2-9-6(3-5)4-8/h5-6,8H,1-4,7H2/t5-,6-/m1/s1. The summed E-state index contributed by atoms with van der Waals surface area (Å²) in [6.45, 7) is 0.806. The van der Waals surface area contributed by atoms with Crippen LogP contribution < -0.4 is 5.73 Å². The third-order valence-electron chi connectivity index (χ3n) is 1.61. The lowest BCUT2D eigenvalue weighted by Crippen LogP contribution is -2.36. The Hall–Kier alpha value is -0.120. The van der Waals surface area contributed by atoms with E-state index in [0.717, 1.165) is 12.8 Å². The molecule has 0 radical (unpaired) electrons. The number of nitrogens with two attached hydrogens (primary N) is 1. The molecule has 0 aromatic heterocycles. The number of hydrogen-bond donors (Lipinski definition) is 2. The van der Waals surface area contributed by atoms with Gasteiger partial charge in [0.2, 0.25) is 0 Å². The average molecular weight is 131 g/mol. The maximum Gasteiger partial charge on any atom is 0.0820 e. The smallest absolute Gasteiger partial charge is 0.0820 e. The average Bonchev–Trinajstić information content (AvgIpc) is 1.88. The minimum atomic E-state index is -0.00579. The Kier molecular flexibility index (Phi) is 2.45. The molecule has 0 bridgehead atoms. The van der Waals surface area contributed by atoms with Gasteiger partial charge in [-0.1, -0.05) is 0 Å². The summed E-state index contributed by atoms with van der Waals surface area (Å²) >= 11 is 0. The zero-order valence-corrected chi connectivity index (χ0v) is 5.42. The molecule has 0 aromatic rings. The van der Waals surface area contributed by atoms with Gasteiger partial charge in [0.15, 0.2) is 0 Å². The summed E-state index contributed by atoms with van der Waals surface area (Å²) in [5, 5.41) is 8.63. The summed E-state index contributed by atoms with van der Waals surface area (Å²) < 4.78 is 5.17. The van der Waals surface area contributed by atoms with Gasteiger partial charge in [0.05, 0.1) is 12.7 Å². The molecule has 1 aliphatic rings. The Morgan fingerprint density at radius 3 is 2.89 bits per heavy atom. The predicted molar refractivity (Wildman–Crippen MR) is 34.0 cm³/mol. The predicted octanol–water partition coefficient (Wildman–Crippen LogP) is -0.515. The van der Waals surface area contributed by atoms with E-state index < -0.39 is 0 Å². The first kappa shape index (κ1) is 6.99. The molecule has 0 unspecified atom stereocenters. The highest BCUT2D eigenvalue weighted by atomic mass is 16.5. The Morgan fingerprint density at radius 2 is 2.44 bits per heavy atom. The fourth-order valence-electron chi connectivity index (χ4n) is 1.04. The first-order valence-corrected chi connectivity index (χ1v) is 3.31. The van der Waals surface area contributed by atoms with Gasteiger partial charge in [-0.3, -0.25) is 0 Å². The van der Waals surface area contributed by atoms with Crippen LogP contribution in [0.4, 0.5) is 0 Å². The number of hydrogen-bond acceptors (Lipinski definition) is 3. The van der Waals surface area contributed by atoms with Crippen molar-refractivity contribution in [2.45, 2.75) is 25.0 Å². The highest BCUT2D eigenvalue weighted by molar-refractivity contribution is 4.72. The summed E-state index contributed by atoms with van der Waals surface area (Å²) in [5.74, 6) is 0. The third-order valence-corrected chi connectivity index (χ3v) is 1.61. The summed E-state index contributed by atoms with van der Waals surface area (Å²) in [6, 6.07) is 0.232. The van der Waals surface area contributed by atoms with Gasteiger partial charge >= 0.3 is 0 Å². The van der Waals surface area contributed by atoms with Crippen molar-refractivity contribution in [3.63, 3.8) is 0 Å². The van der Waals surface area contributed by atoms with Gasteiger partial charge in [0.25, 0.3) is 0 Å². The van der Waals surface area contributed by atoms with Crippen LogP contribution in [-0.4, -0.2) is 30.5 Å². The molecule has 3 N–H and O–H groups in total. The molecule has 0 spiro atoms. The summed E-state index contributed by atoms with van der Waals surface area (Å²) in [7, 11) is 0. The van der Waals surface area contributed by atoms with Crippen LogP contribution in [0.5, 0.6) is 0 Å². The molecule has 0 aliphatic carbocycles. The van der Waals surface area contributed by atoms with Gasteiger partial charge < -0.3 is 15.6 Å². The first-order valence-electron chi connectivity index (χ1n) is 3.31. The molecule has 0 amide bonds. The molecule has 9 heavy (non-hydrogen) atoms. The Labute approximate surface area is 54.8 Å². The van der Waals surface area contributed by atoms with Gasteiger partial charge in [0, 0.05) is 12.6 Å². The number of rotatable bonds is 1. The minimum absolute atomic E-state index is 0.00579. The molecule has 2 atom stereocenters. The lowest BCUT2D eigenvalue weighted by atomic mass is 10.1.